The number of rotatable bonds is 13. The number of hydrogen-bond acceptors (Lipinski definition) is 6. The zero-order chi connectivity index (χ0) is 37.2. The molecule has 2 aliphatic rings. The van der Waals surface area contributed by atoms with E-state index in [0.29, 0.717) is 11.3 Å². The summed E-state index contributed by atoms with van der Waals surface area (Å²) >= 11 is 0. The van der Waals surface area contributed by atoms with Crippen LogP contribution in [-0.2, 0) is 24.0 Å². The minimum atomic E-state index is -5.08. The molecule has 0 aromatic carbocycles. The van der Waals surface area contributed by atoms with Crippen molar-refractivity contribution in [3.05, 3.63) is 12.7 Å². The maximum atomic E-state index is 14.2. The number of ketones is 1. The van der Waals surface area contributed by atoms with Gasteiger partial charge in [0.05, 0.1) is 12.1 Å². The van der Waals surface area contributed by atoms with Gasteiger partial charge in [0.1, 0.15) is 12.1 Å². The third-order valence-corrected chi connectivity index (χ3v) is 9.39. The molecule has 0 radical (unpaired) electrons. The van der Waals surface area contributed by atoms with Crippen LogP contribution in [0.4, 0.5) is 18.0 Å². The molecule has 1 aliphatic carbocycles. The lowest BCUT2D eigenvalue weighted by molar-refractivity contribution is -0.184. The van der Waals surface area contributed by atoms with E-state index in [1.807, 2.05) is 13.8 Å². The topological polar surface area (TPSA) is 157 Å². The second-order valence-electron chi connectivity index (χ2n) is 15.6. The molecule has 6 amide bonds. The first kappa shape index (κ1) is 40.5. The molecule has 0 aromatic rings. The highest BCUT2D eigenvalue weighted by molar-refractivity contribution is 6.38. The number of likely N-dealkylation sites (tertiary alicyclic amines) is 1. The molecule has 1 heterocycles. The smallest absolute Gasteiger partial charge is 0.346 e. The predicted molar refractivity (Wildman–Crippen MR) is 173 cm³/mol. The Labute approximate surface area is 281 Å². The second kappa shape index (κ2) is 14.9. The van der Waals surface area contributed by atoms with Crippen molar-refractivity contribution in [1.29, 1.82) is 0 Å². The summed E-state index contributed by atoms with van der Waals surface area (Å²) in [5.41, 5.74) is -1.92. The van der Waals surface area contributed by atoms with E-state index in [9.17, 15) is 41.9 Å². The highest BCUT2D eigenvalue weighted by atomic mass is 19.4. The number of urea groups is 1. The average Bonchev–Trinajstić information content (AvgIpc) is 3.27. The van der Waals surface area contributed by atoms with Crippen LogP contribution in [0.2, 0.25) is 0 Å². The van der Waals surface area contributed by atoms with Crippen LogP contribution in [0.15, 0.2) is 12.7 Å². The molecule has 1 aliphatic heterocycles. The first-order chi connectivity index (χ1) is 21.8. The molecule has 15 heteroatoms. The number of Topliss-reactive ketones (excluding diaryl/α,β-unsaturated/α-hetero) is 1. The molecule has 1 saturated heterocycles. The third-order valence-electron chi connectivity index (χ3n) is 9.39. The van der Waals surface area contributed by atoms with E-state index in [1.165, 1.54) is 11.0 Å². The average molecular weight is 687 g/mol. The molecule has 272 valence electrons. The van der Waals surface area contributed by atoms with E-state index < -0.39 is 83.2 Å². The van der Waals surface area contributed by atoms with Gasteiger partial charge in [-0.1, -0.05) is 74.8 Å². The Morgan fingerprint density at radius 2 is 1.56 bits per heavy atom. The molecular weight excluding hydrogens is 633 g/mol. The van der Waals surface area contributed by atoms with Gasteiger partial charge in [-0.2, -0.15) is 13.2 Å². The van der Waals surface area contributed by atoms with Crippen molar-refractivity contribution in [3.8, 4) is 0 Å². The molecule has 2 fully saturated rings. The van der Waals surface area contributed by atoms with E-state index in [2.05, 4.69) is 27.8 Å². The van der Waals surface area contributed by atoms with Gasteiger partial charge in [-0.3, -0.25) is 24.0 Å². The third kappa shape index (κ3) is 9.49. The first-order valence-corrected chi connectivity index (χ1v) is 16.2. The monoisotopic (exact) mass is 686 g/mol. The van der Waals surface area contributed by atoms with Gasteiger partial charge >= 0.3 is 18.1 Å². The molecule has 2 rings (SSSR count). The van der Waals surface area contributed by atoms with Gasteiger partial charge in [0, 0.05) is 26.7 Å². The molecule has 48 heavy (non-hydrogen) atoms. The zero-order valence-corrected chi connectivity index (χ0v) is 29.8. The van der Waals surface area contributed by atoms with Gasteiger partial charge in [-0.15, -0.1) is 6.58 Å². The number of hydrogen-bond donors (Lipinski definition) is 4. The lowest BCUT2D eigenvalue weighted by atomic mass is 9.85. The van der Waals surface area contributed by atoms with Crippen LogP contribution < -0.4 is 21.3 Å². The number of nitrogens with zero attached hydrogens (tertiary/aromatic N) is 2. The quantitative estimate of drug-likeness (QED) is 0.173. The van der Waals surface area contributed by atoms with Gasteiger partial charge in [-0.25, -0.2) is 4.79 Å². The maximum absolute atomic E-state index is 14.2. The minimum Gasteiger partial charge on any atom is -0.346 e. The Hall–Kier alpha value is -3.65. The highest BCUT2D eigenvalue weighted by Gasteiger charge is 2.70. The molecule has 12 nitrogen and oxygen atoms in total. The summed E-state index contributed by atoms with van der Waals surface area (Å²) in [7, 11) is 0.993. The van der Waals surface area contributed by atoms with E-state index in [1.54, 1.807) is 48.5 Å². The number of amides is 6. The van der Waals surface area contributed by atoms with Crippen LogP contribution in [0.3, 0.4) is 0 Å². The van der Waals surface area contributed by atoms with Gasteiger partial charge in [0.25, 0.3) is 5.91 Å². The number of halogens is 3. The maximum Gasteiger partial charge on any atom is 0.471 e. The SMILES string of the molecule is C=CCNC(=O)C(=O)C(CCC)NC(=O)[C@@H]1[C@@H]2[C@H](CN1C(=O)[C@@H](NC(=O)N[C@H](CN(C)C(=O)C(F)(F)F)C(C)(C)C)C(C)(C)C)C2(C)C. The molecular formula is C33H53F3N6O6. The van der Waals surface area contributed by atoms with Crippen molar-refractivity contribution in [2.24, 2.45) is 28.1 Å². The Morgan fingerprint density at radius 1 is 0.979 bits per heavy atom. The summed E-state index contributed by atoms with van der Waals surface area (Å²) < 4.78 is 39.1. The van der Waals surface area contributed by atoms with Crippen molar-refractivity contribution >= 4 is 35.4 Å². The number of alkyl halides is 3. The first-order valence-electron chi connectivity index (χ1n) is 16.2. The van der Waals surface area contributed by atoms with E-state index in [0.717, 1.165) is 7.05 Å². The van der Waals surface area contributed by atoms with E-state index in [-0.39, 0.29) is 36.8 Å². The van der Waals surface area contributed by atoms with Gasteiger partial charge < -0.3 is 31.1 Å². The standard InChI is InChI=1S/C33H53F3N6O6/c1-12-14-19(23(43)26(45)37-15-13-2)38-25(44)22-21-18(32(21,9)10)16-42(22)27(46)24(31(6,7)8)40-29(48)39-20(30(3,4)5)17-41(11)28(47)33(34,35)36/h13,18-22,24H,2,12,14-17H2,1,3-11H3,(H,37,45)(H,38,44)(H2,39,40,48)/t18-,19?,20+,21-,22-,24+/m0/s1. The second-order valence-corrected chi connectivity index (χ2v) is 15.6. The van der Waals surface area contributed by atoms with Crippen molar-refractivity contribution in [2.45, 2.75) is 105 Å². The van der Waals surface area contributed by atoms with Gasteiger partial charge in [0.15, 0.2) is 0 Å². The molecule has 1 unspecified atom stereocenters. The molecule has 1 saturated carbocycles. The summed E-state index contributed by atoms with van der Waals surface area (Å²) in [6.07, 6.45) is -2.96. The lowest BCUT2D eigenvalue weighted by Crippen LogP contribution is -2.63. The molecule has 6 atom stereocenters. The summed E-state index contributed by atoms with van der Waals surface area (Å²) in [6, 6.07) is -5.01. The number of piperidine rings is 1. The largest absolute Gasteiger partial charge is 0.471 e. The highest BCUT2D eigenvalue weighted by Crippen LogP contribution is 2.65. The van der Waals surface area contributed by atoms with Crippen LogP contribution in [0.25, 0.3) is 0 Å². The molecule has 0 aromatic heterocycles. The lowest BCUT2D eigenvalue weighted by Gasteiger charge is -2.39. The number of nitrogens with one attached hydrogen (secondary N) is 4. The van der Waals surface area contributed by atoms with Crippen LogP contribution in [-0.4, -0.2) is 102 Å². The van der Waals surface area contributed by atoms with Gasteiger partial charge in [0.2, 0.25) is 17.6 Å². The fraction of sp³-hybridized carbons (Fsp3) is 0.758. The van der Waals surface area contributed by atoms with Crippen LogP contribution in [0, 0.1) is 28.1 Å². The fourth-order valence-corrected chi connectivity index (χ4v) is 6.29. The summed E-state index contributed by atoms with van der Waals surface area (Å²) in [4.78, 5) is 80.5. The predicted octanol–water partition coefficient (Wildman–Crippen LogP) is 2.77. The molecule has 4 N–H and O–H groups in total. The van der Waals surface area contributed by atoms with Crippen molar-refractivity contribution < 1.29 is 41.9 Å². The van der Waals surface area contributed by atoms with Crippen molar-refractivity contribution in [3.63, 3.8) is 0 Å². The van der Waals surface area contributed by atoms with Crippen LogP contribution in [0.5, 0.6) is 0 Å². The Morgan fingerprint density at radius 3 is 2.04 bits per heavy atom. The fourth-order valence-electron chi connectivity index (χ4n) is 6.29. The summed E-state index contributed by atoms with van der Waals surface area (Å²) in [6.45, 7) is 19.4. The Balaban J connectivity index is 2.32. The number of carbonyl (C=O) groups excluding carboxylic acids is 6. The number of fused-ring (bicyclic) bond motifs is 1. The van der Waals surface area contributed by atoms with Gasteiger partial charge in [-0.05, 0) is 34.5 Å². The zero-order valence-electron chi connectivity index (χ0n) is 29.8. The Bertz CT molecular complexity index is 1270. The van der Waals surface area contributed by atoms with E-state index in [4.69, 9.17) is 0 Å². The van der Waals surface area contributed by atoms with Crippen LogP contribution >= 0.6 is 0 Å². The van der Waals surface area contributed by atoms with E-state index >= 15 is 0 Å². The number of carbonyl (C=O) groups is 6. The Kier molecular flexibility index (Phi) is 12.5. The number of likely N-dealkylation sites (N-methyl/N-ethyl adjacent to an activating group) is 1. The van der Waals surface area contributed by atoms with Crippen LogP contribution in [0.1, 0.15) is 75.2 Å². The minimum absolute atomic E-state index is 0.0187. The van der Waals surface area contributed by atoms with Crippen molar-refractivity contribution in [2.75, 3.05) is 26.7 Å². The normalized spacial score (nSPS) is 21.9. The summed E-state index contributed by atoms with van der Waals surface area (Å²) in [5, 5.41) is 10.5. The summed E-state index contributed by atoms with van der Waals surface area (Å²) in [5.74, 6) is -5.09. The molecule has 0 bridgehead atoms. The molecule has 0 spiro atoms. The van der Waals surface area contributed by atoms with Crippen molar-refractivity contribution in [1.82, 2.24) is 31.1 Å².